The van der Waals surface area contributed by atoms with Gasteiger partial charge in [-0.25, -0.2) is 9.78 Å². The van der Waals surface area contributed by atoms with E-state index in [4.69, 9.17) is 0 Å². The number of nitrogens with zero attached hydrogens (tertiary/aromatic N) is 4. The summed E-state index contributed by atoms with van der Waals surface area (Å²) in [6.45, 7) is 5.81. The van der Waals surface area contributed by atoms with Gasteiger partial charge in [0.1, 0.15) is 5.82 Å². The van der Waals surface area contributed by atoms with E-state index in [0.717, 1.165) is 34.9 Å². The number of rotatable bonds is 4. The highest BCUT2D eigenvalue weighted by molar-refractivity contribution is 5.89. The zero-order valence-electron chi connectivity index (χ0n) is 18.9. The average Bonchev–Trinajstić information content (AvgIpc) is 2.80. The molecular formula is C24H25F3N6O. The summed E-state index contributed by atoms with van der Waals surface area (Å²) in [6.07, 6.45) is -4.46. The first kappa shape index (κ1) is 23.3. The first-order valence-electron chi connectivity index (χ1n) is 10.8. The number of carbonyl (C=O) groups is 1. The van der Waals surface area contributed by atoms with E-state index in [9.17, 15) is 18.0 Å². The minimum Gasteiger partial charge on any atom is -0.353 e. The van der Waals surface area contributed by atoms with E-state index in [-0.39, 0.29) is 5.69 Å². The van der Waals surface area contributed by atoms with Gasteiger partial charge in [0.15, 0.2) is 0 Å². The first-order chi connectivity index (χ1) is 16.2. The first-order valence-corrected chi connectivity index (χ1v) is 10.8. The Hall–Kier alpha value is -3.82. The highest BCUT2D eigenvalue weighted by Crippen LogP contribution is 2.30. The molecule has 0 unspecified atom stereocenters. The lowest BCUT2D eigenvalue weighted by Crippen LogP contribution is -2.50. The average molecular weight is 470 g/mol. The Balaban J connectivity index is 1.37. The molecule has 1 saturated heterocycles. The lowest BCUT2D eigenvalue weighted by atomic mass is 10.2. The van der Waals surface area contributed by atoms with Gasteiger partial charge >= 0.3 is 12.2 Å². The van der Waals surface area contributed by atoms with E-state index >= 15 is 0 Å². The van der Waals surface area contributed by atoms with Crippen LogP contribution in [0.15, 0.2) is 54.6 Å². The number of benzene rings is 2. The standard InChI is InChI=1S/C24H25F3N6O/c1-16-6-8-19(9-7-16)29-22-28-17(2)14-21(31-22)32-10-12-33(13-11-32)23(34)30-20-5-3-4-18(15-20)24(25,26)27/h3-9,14-15H,10-13H2,1-2H3,(H,30,34)(H,28,29,31). The molecule has 7 nitrogen and oxygen atoms in total. The molecule has 178 valence electrons. The van der Waals surface area contributed by atoms with E-state index in [2.05, 4.69) is 25.5 Å². The lowest BCUT2D eigenvalue weighted by Gasteiger charge is -2.35. The predicted molar refractivity (Wildman–Crippen MR) is 125 cm³/mol. The number of anilines is 4. The van der Waals surface area contributed by atoms with Gasteiger partial charge in [0, 0.05) is 49.3 Å². The minimum absolute atomic E-state index is 0.112. The third-order valence-electron chi connectivity index (χ3n) is 5.48. The number of halogens is 3. The molecule has 3 aromatic rings. The van der Waals surface area contributed by atoms with Crippen LogP contribution in [0.4, 0.5) is 41.1 Å². The summed E-state index contributed by atoms with van der Waals surface area (Å²) < 4.78 is 38.7. The molecule has 2 heterocycles. The minimum atomic E-state index is -4.46. The SMILES string of the molecule is Cc1ccc(Nc2nc(C)cc(N3CCN(C(=O)Nc4cccc(C(F)(F)F)c4)CC3)n2)cc1. The van der Waals surface area contributed by atoms with Crippen molar-refractivity contribution in [3.05, 3.63) is 71.4 Å². The van der Waals surface area contributed by atoms with Crippen LogP contribution in [-0.4, -0.2) is 47.1 Å². The van der Waals surface area contributed by atoms with Gasteiger partial charge < -0.3 is 20.4 Å². The van der Waals surface area contributed by atoms with Gasteiger partial charge in [0.25, 0.3) is 0 Å². The van der Waals surface area contributed by atoms with Crippen molar-refractivity contribution in [3.8, 4) is 0 Å². The molecule has 0 bridgehead atoms. The molecule has 0 atom stereocenters. The predicted octanol–water partition coefficient (Wildman–Crippen LogP) is 5.21. The van der Waals surface area contributed by atoms with E-state index < -0.39 is 17.8 Å². The van der Waals surface area contributed by atoms with Crippen molar-refractivity contribution in [2.75, 3.05) is 41.7 Å². The highest BCUT2D eigenvalue weighted by atomic mass is 19.4. The quantitative estimate of drug-likeness (QED) is 0.548. The molecule has 1 aliphatic rings. The number of nitrogens with one attached hydrogen (secondary N) is 2. The van der Waals surface area contributed by atoms with E-state index in [1.54, 1.807) is 4.90 Å². The maximum Gasteiger partial charge on any atom is 0.416 e. The van der Waals surface area contributed by atoms with Crippen molar-refractivity contribution in [1.29, 1.82) is 0 Å². The normalized spacial score (nSPS) is 14.1. The largest absolute Gasteiger partial charge is 0.416 e. The van der Waals surface area contributed by atoms with Gasteiger partial charge in [-0.3, -0.25) is 0 Å². The number of amides is 2. The Kier molecular flexibility index (Phi) is 6.58. The molecule has 4 rings (SSSR count). The lowest BCUT2D eigenvalue weighted by molar-refractivity contribution is -0.137. The van der Waals surface area contributed by atoms with Gasteiger partial charge in [-0.05, 0) is 44.2 Å². The molecule has 1 aliphatic heterocycles. The number of aryl methyl sites for hydroxylation is 2. The van der Waals surface area contributed by atoms with Crippen LogP contribution in [0.1, 0.15) is 16.8 Å². The maximum absolute atomic E-state index is 12.9. The molecule has 0 aliphatic carbocycles. The van der Waals surface area contributed by atoms with Crippen molar-refractivity contribution in [2.45, 2.75) is 20.0 Å². The molecule has 0 saturated carbocycles. The smallest absolute Gasteiger partial charge is 0.353 e. The number of piperazine rings is 1. The fourth-order valence-corrected chi connectivity index (χ4v) is 3.65. The summed E-state index contributed by atoms with van der Waals surface area (Å²) in [4.78, 5) is 25.3. The molecule has 10 heteroatoms. The van der Waals surface area contributed by atoms with Crippen molar-refractivity contribution in [2.24, 2.45) is 0 Å². The fourth-order valence-electron chi connectivity index (χ4n) is 3.65. The highest BCUT2D eigenvalue weighted by Gasteiger charge is 2.31. The zero-order valence-corrected chi connectivity index (χ0v) is 18.9. The molecule has 2 amide bonds. The Labute approximate surface area is 195 Å². The molecular weight excluding hydrogens is 445 g/mol. The van der Waals surface area contributed by atoms with Gasteiger partial charge in [-0.15, -0.1) is 0 Å². The van der Waals surface area contributed by atoms with Crippen LogP contribution in [0.2, 0.25) is 0 Å². The molecule has 2 aromatic carbocycles. The van der Waals surface area contributed by atoms with E-state index in [0.29, 0.717) is 32.1 Å². The van der Waals surface area contributed by atoms with Crippen LogP contribution in [0.25, 0.3) is 0 Å². The summed E-state index contributed by atoms with van der Waals surface area (Å²) in [5.74, 6) is 1.24. The topological polar surface area (TPSA) is 73.4 Å². The summed E-state index contributed by atoms with van der Waals surface area (Å²) in [6, 6.07) is 14.0. The van der Waals surface area contributed by atoms with Crippen LogP contribution < -0.4 is 15.5 Å². The Morgan fingerprint density at radius 2 is 1.62 bits per heavy atom. The molecule has 1 aromatic heterocycles. The Morgan fingerprint density at radius 1 is 0.912 bits per heavy atom. The second-order valence-electron chi connectivity index (χ2n) is 8.16. The third-order valence-corrected chi connectivity index (χ3v) is 5.48. The monoisotopic (exact) mass is 470 g/mol. The van der Waals surface area contributed by atoms with Crippen LogP contribution >= 0.6 is 0 Å². The van der Waals surface area contributed by atoms with Crippen molar-refractivity contribution >= 4 is 29.2 Å². The molecule has 0 spiro atoms. The van der Waals surface area contributed by atoms with Gasteiger partial charge in [-0.1, -0.05) is 23.8 Å². The third kappa shape index (κ3) is 5.75. The zero-order chi connectivity index (χ0) is 24.3. The van der Waals surface area contributed by atoms with Crippen molar-refractivity contribution in [3.63, 3.8) is 0 Å². The Bertz CT molecular complexity index is 1160. The van der Waals surface area contributed by atoms with Crippen LogP contribution in [0.5, 0.6) is 0 Å². The Morgan fingerprint density at radius 3 is 2.29 bits per heavy atom. The van der Waals surface area contributed by atoms with Gasteiger partial charge in [0.05, 0.1) is 5.56 Å². The summed E-state index contributed by atoms with van der Waals surface area (Å²) >= 11 is 0. The number of hydrogen-bond acceptors (Lipinski definition) is 5. The summed E-state index contributed by atoms with van der Waals surface area (Å²) in [5.41, 5.74) is 2.17. The number of carbonyl (C=O) groups excluding carboxylic acids is 1. The molecule has 2 N–H and O–H groups in total. The molecule has 1 fully saturated rings. The number of urea groups is 1. The van der Waals surface area contributed by atoms with Crippen LogP contribution in [-0.2, 0) is 6.18 Å². The van der Waals surface area contributed by atoms with Crippen molar-refractivity contribution in [1.82, 2.24) is 14.9 Å². The van der Waals surface area contributed by atoms with Gasteiger partial charge in [0.2, 0.25) is 5.95 Å². The number of alkyl halides is 3. The maximum atomic E-state index is 12.9. The van der Waals surface area contributed by atoms with Crippen molar-refractivity contribution < 1.29 is 18.0 Å². The number of aromatic nitrogens is 2. The van der Waals surface area contributed by atoms with Crippen LogP contribution in [0.3, 0.4) is 0 Å². The van der Waals surface area contributed by atoms with Crippen LogP contribution in [0, 0.1) is 13.8 Å². The summed E-state index contributed by atoms with van der Waals surface area (Å²) in [7, 11) is 0. The second kappa shape index (κ2) is 9.58. The molecule has 34 heavy (non-hydrogen) atoms. The van der Waals surface area contributed by atoms with E-state index in [1.165, 1.54) is 12.1 Å². The molecule has 0 radical (unpaired) electrons. The van der Waals surface area contributed by atoms with Gasteiger partial charge in [-0.2, -0.15) is 18.2 Å². The second-order valence-corrected chi connectivity index (χ2v) is 8.16. The number of hydrogen-bond donors (Lipinski definition) is 2. The van der Waals surface area contributed by atoms with E-state index in [1.807, 2.05) is 44.2 Å². The fraction of sp³-hybridized carbons (Fsp3) is 0.292. The summed E-state index contributed by atoms with van der Waals surface area (Å²) in [5, 5.41) is 5.78.